The maximum Gasteiger partial charge on any atom is 0.337 e. The lowest BCUT2D eigenvalue weighted by molar-refractivity contribution is 0.0601. The molecule has 128 valence electrons. The average molecular weight is 358 g/mol. The number of hydrogen-bond donors (Lipinski definition) is 1. The summed E-state index contributed by atoms with van der Waals surface area (Å²) in [7, 11) is 1.33. The van der Waals surface area contributed by atoms with Gasteiger partial charge in [0.2, 0.25) is 11.8 Å². The molecular weight excluding hydrogens is 342 g/mol. The molecule has 0 aliphatic heterocycles. The first-order chi connectivity index (χ1) is 12.2. The van der Waals surface area contributed by atoms with Gasteiger partial charge in [-0.25, -0.2) is 4.79 Å². The van der Waals surface area contributed by atoms with E-state index in [-0.39, 0.29) is 0 Å². The van der Waals surface area contributed by atoms with Crippen LogP contribution >= 0.6 is 11.6 Å². The molecule has 1 heterocycles. The summed E-state index contributed by atoms with van der Waals surface area (Å²) in [4.78, 5) is 11.6. The van der Waals surface area contributed by atoms with Gasteiger partial charge in [0.05, 0.1) is 36.3 Å². The molecule has 6 nitrogen and oxygen atoms in total. The minimum atomic E-state index is -0.428. The van der Waals surface area contributed by atoms with Gasteiger partial charge in [0.15, 0.2) is 0 Å². The van der Waals surface area contributed by atoms with Crippen molar-refractivity contribution in [3.05, 3.63) is 76.5 Å². The number of carbonyl (C=O) groups is 1. The monoisotopic (exact) mass is 357 g/mol. The normalized spacial score (nSPS) is 10.5. The highest BCUT2D eigenvalue weighted by Crippen LogP contribution is 2.24. The number of hydrogen-bond acceptors (Lipinski definition) is 6. The number of ether oxygens (including phenoxy) is 1. The molecule has 0 spiro atoms. The van der Waals surface area contributed by atoms with E-state index in [1.165, 1.54) is 7.11 Å². The van der Waals surface area contributed by atoms with E-state index in [9.17, 15) is 4.79 Å². The zero-order chi connectivity index (χ0) is 17.6. The summed E-state index contributed by atoms with van der Waals surface area (Å²) in [5.41, 5.74) is 2.09. The van der Waals surface area contributed by atoms with Crippen molar-refractivity contribution < 1.29 is 13.9 Å². The van der Waals surface area contributed by atoms with Crippen molar-refractivity contribution >= 4 is 23.3 Å². The Morgan fingerprint density at radius 1 is 1.16 bits per heavy atom. The second kappa shape index (κ2) is 7.81. The van der Waals surface area contributed by atoms with Crippen LogP contribution in [0.25, 0.3) is 0 Å². The van der Waals surface area contributed by atoms with Gasteiger partial charge in [-0.1, -0.05) is 41.9 Å². The Balaban J connectivity index is 1.65. The third-order valence-corrected chi connectivity index (χ3v) is 3.85. The van der Waals surface area contributed by atoms with Crippen molar-refractivity contribution in [2.24, 2.45) is 0 Å². The van der Waals surface area contributed by atoms with E-state index in [1.54, 1.807) is 18.2 Å². The van der Waals surface area contributed by atoms with Crippen LogP contribution in [0.3, 0.4) is 0 Å². The largest absolute Gasteiger partial charge is 0.465 e. The molecule has 1 N–H and O–H groups in total. The number of nitrogens with one attached hydrogen (secondary N) is 1. The van der Waals surface area contributed by atoms with Crippen LogP contribution in [0.5, 0.6) is 0 Å². The van der Waals surface area contributed by atoms with Crippen LogP contribution in [0.4, 0.5) is 5.69 Å². The van der Waals surface area contributed by atoms with Crippen molar-refractivity contribution in [3.63, 3.8) is 0 Å². The maximum atomic E-state index is 11.6. The van der Waals surface area contributed by atoms with E-state index >= 15 is 0 Å². The number of aromatic nitrogens is 2. The fraction of sp³-hybridized carbons (Fsp3) is 0.167. The molecule has 0 atom stereocenters. The van der Waals surface area contributed by atoms with Crippen LogP contribution in [0.1, 0.15) is 27.7 Å². The van der Waals surface area contributed by atoms with Crippen LogP contribution in [0.2, 0.25) is 5.02 Å². The van der Waals surface area contributed by atoms with Gasteiger partial charge < -0.3 is 14.5 Å². The summed E-state index contributed by atoms with van der Waals surface area (Å²) < 4.78 is 10.3. The number of methoxy groups -OCH3 is 1. The lowest BCUT2D eigenvalue weighted by atomic mass is 10.2. The number of halogens is 1. The second-order valence-corrected chi connectivity index (χ2v) is 5.70. The number of nitrogens with zero attached hydrogens (tertiary/aromatic N) is 2. The Morgan fingerprint density at radius 2 is 1.92 bits per heavy atom. The summed E-state index contributed by atoms with van der Waals surface area (Å²) in [6, 6.07) is 14.7. The van der Waals surface area contributed by atoms with Gasteiger partial charge in [-0.05, 0) is 23.8 Å². The number of carbonyl (C=O) groups excluding carboxylic acids is 1. The predicted octanol–water partition coefficient (Wildman–Crippen LogP) is 3.71. The van der Waals surface area contributed by atoms with E-state index in [2.05, 4.69) is 15.5 Å². The van der Waals surface area contributed by atoms with Gasteiger partial charge in [0.1, 0.15) is 0 Å². The van der Waals surface area contributed by atoms with Gasteiger partial charge in [0.25, 0.3) is 0 Å². The van der Waals surface area contributed by atoms with Gasteiger partial charge in [-0.15, -0.1) is 10.2 Å². The van der Waals surface area contributed by atoms with Crippen molar-refractivity contribution in [2.75, 3.05) is 12.4 Å². The molecule has 25 heavy (non-hydrogen) atoms. The average Bonchev–Trinajstić information content (AvgIpc) is 3.08. The summed E-state index contributed by atoms with van der Waals surface area (Å²) in [6.45, 7) is 0.298. The Bertz CT molecular complexity index is 865. The van der Waals surface area contributed by atoms with Crippen molar-refractivity contribution in [1.29, 1.82) is 0 Å². The number of rotatable bonds is 6. The van der Waals surface area contributed by atoms with Crippen LogP contribution < -0.4 is 5.32 Å². The number of esters is 1. The standard InChI is InChI=1S/C18H16ClN3O3/c1-24-18(23)13-7-8-14(19)15(10-13)20-11-17-22-21-16(25-17)9-12-5-3-2-4-6-12/h2-8,10,20H,9,11H2,1H3. The smallest absolute Gasteiger partial charge is 0.337 e. The molecule has 0 amide bonds. The lowest BCUT2D eigenvalue weighted by Crippen LogP contribution is -2.04. The Labute approximate surface area is 149 Å². The third kappa shape index (κ3) is 4.36. The summed E-state index contributed by atoms with van der Waals surface area (Å²) in [6.07, 6.45) is 0.576. The minimum Gasteiger partial charge on any atom is -0.465 e. The molecule has 0 bridgehead atoms. The van der Waals surface area contributed by atoms with Gasteiger partial charge in [-0.2, -0.15) is 0 Å². The zero-order valence-corrected chi connectivity index (χ0v) is 14.3. The summed E-state index contributed by atoms with van der Waals surface area (Å²) >= 11 is 6.14. The topological polar surface area (TPSA) is 77.2 Å². The highest BCUT2D eigenvalue weighted by molar-refractivity contribution is 6.33. The SMILES string of the molecule is COC(=O)c1ccc(Cl)c(NCc2nnc(Cc3ccccc3)o2)c1. The molecule has 3 rings (SSSR count). The molecule has 0 radical (unpaired) electrons. The fourth-order valence-corrected chi connectivity index (χ4v) is 2.46. The van der Waals surface area contributed by atoms with E-state index in [4.69, 9.17) is 20.8 Å². The van der Waals surface area contributed by atoms with Gasteiger partial charge >= 0.3 is 5.97 Å². The zero-order valence-electron chi connectivity index (χ0n) is 13.5. The first-order valence-corrected chi connectivity index (χ1v) is 8.00. The molecule has 0 fully saturated rings. The van der Waals surface area contributed by atoms with Crippen LogP contribution in [0, 0.1) is 0 Å². The number of anilines is 1. The molecule has 1 aromatic heterocycles. The van der Waals surface area contributed by atoms with E-state index in [0.717, 1.165) is 5.56 Å². The quantitative estimate of drug-likeness (QED) is 0.677. The van der Waals surface area contributed by atoms with E-state index in [1.807, 2.05) is 30.3 Å². The third-order valence-electron chi connectivity index (χ3n) is 3.52. The summed E-state index contributed by atoms with van der Waals surface area (Å²) in [5.74, 6) is 0.547. The van der Waals surface area contributed by atoms with Gasteiger partial charge in [0, 0.05) is 0 Å². The van der Waals surface area contributed by atoms with Crippen LogP contribution in [-0.2, 0) is 17.7 Å². The first-order valence-electron chi connectivity index (χ1n) is 7.62. The lowest BCUT2D eigenvalue weighted by Gasteiger charge is -2.08. The molecule has 3 aromatic rings. The van der Waals surface area contributed by atoms with Crippen LogP contribution in [0.15, 0.2) is 52.9 Å². The van der Waals surface area contributed by atoms with E-state index < -0.39 is 5.97 Å². The molecule has 0 aliphatic carbocycles. The molecule has 0 aliphatic rings. The molecule has 0 saturated carbocycles. The molecule has 7 heteroatoms. The van der Waals surface area contributed by atoms with Crippen LogP contribution in [-0.4, -0.2) is 23.3 Å². The second-order valence-electron chi connectivity index (χ2n) is 5.29. The van der Waals surface area contributed by atoms with Gasteiger partial charge in [-0.3, -0.25) is 0 Å². The molecule has 0 saturated heterocycles. The maximum absolute atomic E-state index is 11.6. The molecule has 0 unspecified atom stereocenters. The van der Waals surface area contributed by atoms with E-state index in [0.29, 0.717) is 41.0 Å². The Morgan fingerprint density at radius 3 is 2.68 bits per heavy atom. The first kappa shape index (κ1) is 17.0. The Hall–Kier alpha value is -2.86. The minimum absolute atomic E-state index is 0.298. The molecule has 2 aromatic carbocycles. The predicted molar refractivity (Wildman–Crippen MR) is 93.7 cm³/mol. The highest BCUT2D eigenvalue weighted by Gasteiger charge is 2.11. The number of benzene rings is 2. The Kier molecular flexibility index (Phi) is 5.30. The van der Waals surface area contributed by atoms with Crippen molar-refractivity contribution in [3.8, 4) is 0 Å². The van der Waals surface area contributed by atoms with Crippen molar-refractivity contribution in [1.82, 2.24) is 10.2 Å². The molecular formula is C18H16ClN3O3. The fourth-order valence-electron chi connectivity index (χ4n) is 2.28. The summed E-state index contributed by atoms with van der Waals surface area (Å²) in [5, 5.41) is 11.6. The highest BCUT2D eigenvalue weighted by atomic mass is 35.5. The van der Waals surface area contributed by atoms with Crippen molar-refractivity contribution in [2.45, 2.75) is 13.0 Å².